The molecule has 4 atom stereocenters. The van der Waals surface area contributed by atoms with Crippen molar-refractivity contribution in [1.29, 1.82) is 0 Å². The molecule has 4 bridgehead atoms. The van der Waals surface area contributed by atoms with E-state index in [1.165, 1.54) is 24.2 Å². The number of hydrogen-bond acceptors (Lipinski definition) is 4. The number of ether oxygens (including phenoxy) is 1. The van der Waals surface area contributed by atoms with Crippen LogP contribution < -0.4 is 10.1 Å². The molecular formula is C18H20N2O2S. The minimum absolute atomic E-state index is 0.128. The summed E-state index contributed by atoms with van der Waals surface area (Å²) in [5, 5.41) is 3.82. The number of rotatable bonds is 3. The van der Waals surface area contributed by atoms with E-state index < -0.39 is 0 Å². The number of benzene rings is 1. The molecule has 1 aromatic heterocycles. The first-order valence-corrected chi connectivity index (χ1v) is 9.02. The largest absolute Gasteiger partial charge is 0.497 e. The number of hydrogen-bond donors (Lipinski definition) is 1. The summed E-state index contributed by atoms with van der Waals surface area (Å²) < 4.78 is 6.29. The van der Waals surface area contributed by atoms with Gasteiger partial charge in [-0.3, -0.25) is 4.79 Å². The van der Waals surface area contributed by atoms with Crippen molar-refractivity contribution < 1.29 is 9.53 Å². The molecule has 0 spiro atoms. The first-order valence-electron chi connectivity index (χ1n) is 8.21. The highest BCUT2D eigenvalue weighted by molar-refractivity contribution is 7.22. The van der Waals surface area contributed by atoms with Crippen molar-refractivity contribution in [3.8, 4) is 5.75 Å². The Morgan fingerprint density at radius 3 is 2.91 bits per heavy atom. The van der Waals surface area contributed by atoms with E-state index in [9.17, 15) is 4.79 Å². The standard InChI is InChI=1S/C18H20N2O2S/c1-16-9-18(13(16)6-7-17(16,18)2)14(21)20-15-19-11-5-4-10(22-3)8-12(11)23-15/h4-5,8,13H,6-7,9H2,1-3H3,(H,19,20,21). The minimum Gasteiger partial charge on any atom is -0.497 e. The normalized spacial score (nSPS) is 39.7. The van der Waals surface area contributed by atoms with Crippen molar-refractivity contribution in [3.63, 3.8) is 0 Å². The molecule has 1 aromatic carbocycles. The highest BCUT2D eigenvalue weighted by atomic mass is 32.1. The minimum atomic E-state index is -0.128. The van der Waals surface area contributed by atoms with Crippen molar-refractivity contribution in [2.75, 3.05) is 12.4 Å². The van der Waals surface area contributed by atoms with Crippen LogP contribution in [-0.4, -0.2) is 18.0 Å². The molecule has 5 heteroatoms. The number of nitrogens with one attached hydrogen (secondary N) is 1. The van der Waals surface area contributed by atoms with Gasteiger partial charge < -0.3 is 10.1 Å². The van der Waals surface area contributed by atoms with Gasteiger partial charge in [-0.2, -0.15) is 0 Å². The van der Waals surface area contributed by atoms with Gasteiger partial charge in [-0.1, -0.05) is 25.2 Å². The Bertz CT molecular complexity index is 862. The van der Waals surface area contributed by atoms with E-state index in [1.807, 2.05) is 18.2 Å². The summed E-state index contributed by atoms with van der Waals surface area (Å²) in [7, 11) is 1.66. The predicted octanol–water partition coefficient (Wildman–Crippen LogP) is 4.07. The van der Waals surface area contributed by atoms with Gasteiger partial charge in [-0.05, 0) is 54.2 Å². The summed E-state index contributed by atoms with van der Waals surface area (Å²) in [6, 6.07) is 5.81. The molecule has 1 amide bonds. The Morgan fingerprint density at radius 1 is 1.43 bits per heavy atom. The zero-order valence-electron chi connectivity index (χ0n) is 13.6. The third-order valence-electron chi connectivity index (χ3n) is 7.41. The molecule has 5 aliphatic rings. The number of carbonyl (C=O) groups is 1. The molecule has 23 heavy (non-hydrogen) atoms. The SMILES string of the molecule is COc1ccc2nc(NC(=O)C34CC5(C)C3CCC54C)sc2c1. The lowest BCUT2D eigenvalue weighted by molar-refractivity contribution is -0.326. The lowest BCUT2D eigenvalue weighted by Gasteiger charge is -2.81. The van der Waals surface area contributed by atoms with Crippen LogP contribution in [0.5, 0.6) is 5.75 Å². The first kappa shape index (κ1) is 13.8. The summed E-state index contributed by atoms with van der Waals surface area (Å²) in [5.41, 5.74) is 1.39. The van der Waals surface area contributed by atoms with E-state index in [2.05, 4.69) is 24.1 Å². The average Bonchev–Trinajstić information content (AvgIpc) is 3.10. The van der Waals surface area contributed by atoms with E-state index in [0.29, 0.717) is 16.5 Å². The quantitative estimate of drug-likeness (QED) is 0.924. The summed E-state index contributed by atoms with van der Waals surface area (Å²) in [6.45, 7) is 4.67. The van der Waals surface area contributed by atoms with Gasteiger partial charge in [0, 0.05) is 0 Å². The Kier molecular flexibility index (Phi) is 2.33. The Labute approximate surface area is 139 Å². The number of nitrogens with zero attached hydrogens (tertiary/aromatic N) is 1. The van der Waals surface area contributed by atoms with Crippen molar-refractivity contribution in [3.05, 3.63) is 18.2 Å². The molecular weight excluding hydrogens is 308 g/mol. The van der Waals surface area contributed by atoms with Crippen molar-refractivity contribution in [2.45, 2.75) is 33.1 Å². The van der Waals surface area contributed by atoms with Gasteiger partial charge in [0.05, 0.1) is 22.7 Å². The molecule has 0 saturated heterocycles. The van der Waals surface area contributed by atoms with Crippen LogP contribution >= 0.6 is 11.3 Å². The van der Waals surface area contributed by atoms with E-state index in [-0.39, 0.29) is 16.7 Å². The van der Waals surface area contributed by atoms with Crippen LogP contribution in [0.1, 0.15) is 33.1 Å². The van der Waals surface area contributed by atoms with Crippen LogP contribution in [0.15, 0.2) is 18.2 Å². The summed E-state index contributed by atoms with van der Waals surface area (Å²) in [6.07, 6.45) is 3.45. The van der Waals surface area contributed by atoms with E-state index in [4.69, 9.17) is 4.74 Å². The van der Waals surface area contributed by atoms with Gasteiger partial charge in [0.2, 0.25) is 5.91 Å². The number of anilines is 1. The highest BCUT2D eigenvalue weighted by Crippen LogP contribution is 2.93. The van der Waals surface area contributed by atoms with Crippen LogP contribution in [0.4, 0.5) is 5.13 Å². The molecule has 5 fully saturated rings. The summed E-state index contributed by atoms with van der Waals surface area (Å²) in [4.78, 5) is 17.6. The highest BCUT2D eigenvalue weighted by Gasteiger charge is 2.91. The van der Waals surface area contributed by atoms with Crippen LogP contribution in [0.2, 0.25) is 0 Å². The molecule has 4 nitrogen and oxygen atoms in total. The van der Waals surface area contributed by atoms with E-state index in [1.54, 1.807) is 7.11 Å². The fourth-order valence-electron chi connectivity index (χ4n) is 6.01. The maximum Gasteiger partial charge on any atom is 0.233 e. The maximum absolute atomic E-state index is 13.0. The second-order valence-corrected chi connectivity index (χ2v) is 8.83. The smallest absolute Gasteiger partial charge is 0.233 e. The molecule has 0 radical (unpaired) electrons. The third kappa shape index (κ3) is 1.28. The molecule has 5 aliphatic carbocycles. The number of thiazole rings is 1. The van der Waals surface area contributed by atoms with Crippen molar-refractivity contribution >= 4 is 32.6 Å². The van der Waals surface area contributed by atoms with Gasteiger partial charge in [0.15, 0.2) is 5.13 Å². The molecule has 4 unspecified atom stereocenters. The van der Waals surface area contributed by atoms with Gasteiger partial charge in [0.25, 0.3) is 0 Å². The van der Waals surface area contributed by atoms with Crippen LogP contribution in [0, 0.1) is 22.2 Å². The van der Waals surface area contributed by atoms with Crippen LogP contribution in [0.25, 0.3) is 10.2 Å². The molecule has 7 rings (SSSR count). The summed E-state index contributed by atoms with van der Waals surface area (Å²) in [5.74, 6) is 1.59. The Morgan fingerprint density at radius 2 is 2.26 bits per heavy atom. The second-order valence-electron chi connectivity index (χ2n) is 7.80. The fraction of sp³-hybridized carbons (Fsp3) is 0.556. The molecule has 1 heterocycles. The Hall–Kier alpha value is -1.62. The lowest BCUT2D eigenvalue weighted by Crippen LogP contribution is -2.81. The average molecular weight is 328 g/mol. The summed E-state index contributed by atoms with van der Waals surface area (Å²) >= 11 is 1.52. The molecule has 0 aliphatic heterocycles. The zero-order valence-corrected chi connectivity index (χ0v) is 14.4. The second kappa shape index (κ2) is 3.89. The van der Waals surface area contributed by atoms with Gasteiger partial charge in [-0.25, -0.2) is 4.98 Å². The lowest BCUT2D eigenvalue weighted by atomic mass is 9.21. The number of fused-ring (bicyclic) bond motifs is 2. The molecule has 1 N–H and O–H groups in total. The predicted molar refractivity (Wildman–Crippen MR) is 90.8 cm³/mol. The van der Waals surface area contributed by atoms with Crippen LogP contribution in [-0.2, 0) is 4.79 Å². The Balaban J connectivity index is 1.44. The molecule has 120 valence electrons. The van der Waals surface area contributed by atoms with Gasteiger partial charge in [0.1, 0.15) is 5.75 Å². The monoisotopic (exact) mass is 328 g/mol. The maximum atomic E-state index is 13.0. The number of aromatic nitrogens is 1. The number of methoxy groups -OCH3 is 1. The zero-order chi connectivity index (χ0) is 16.0. The van der Waals surface area contributed by atoms with Crippen molar-refractivity contribution in [2.24, 2.45) is 22.2 Å². The van der Waals surface area contributed by atoms with Crippen LogP contribution in [0.3, 0.4) is 0 Å². The van der Waals surface area contributed by atoms with E-state index in [0.717, 1.165) is 22.4 Å². The van der Waals surface area contributed by atoms with Crippen molar-refractivity contribution in [1.82, 2.24) is 4.98 Å². The first-order chi connectivity index (χ1) is 10.9. The third-order valence-corrected chi connectivity index (χ3v) is 8.34. The number of amides is 1. The van der Waals surface area contributed by atoms with Gasteiger partial charge >= 0.3 is 0 Å². The number of carbonyl (C=O) groups excluding carboxylic acids is 1. The topological polar surface area (TPSA) is 51.2 Å². The van der Waals surface area contributed by atoms with E-state index >= 15 is 0 Å². The van der Waals surface area contributed by atoms with Gasteiger partial charge in [-0.15, -0.1) is 0 Å². The fourth-order valence-corrected chi connectivity index (χ4v) is 6.90. The molecule has 2 aromatic rings. The molecule has 5 saturated carbocycles.